The quantitative estimate of drug-likeness (QED) is 0.507. The Morgan fingerprint density at radius 3 is 2.30 bits per heavy atom. The lowest BCUT2D eigenvalue weighted by Gasteiger charge is -2.22. The van der Waals surface area contributed by atoms with Crippen LogP contribution in [-0.2, 0) is 0 Å². The van der Waals surface area contributed by atoms with Crippen molar-refractivity contribution in [1.82, 2.24) is 0 Å². The first-order valence-corrected chi connectivity index (χ1v) is 8.40. The SMILES string of the molecule is COc1c(OC(=O)c2ccccc2)c2cccc(OC(C)(C)C)c2oc1=O. The molecule has 0 aliphatic rings. The summed E-state index contributed by atoms with van der Waals surface area (Å²) in [7, 11) is 1.31. The second-order valence-corrected chi connectivity index (χ2v) is 6.85. The lowest BCUT2D eigenvalue weighted by molar-refractivity contribution is 0.0730. The monoisotopic (exact) mass is 368 g/mol. The molecule has 0 N–H and O–H groups in total. The first kappa shape index (κ1) is 18.5. The third-order valence-electron chi connectivity index (χ3n) is 3.63. The highest BCUT2D eigenvalue weighted by Crippen LogP contribution is 2.38. The Balaban J connectivity index is 2.17. The third-order valence-corrected chi connectivity index (χ3v) is 3.63. The van der Waals surface area contributed by atoms with E-state index in [4.69, 9.17) is 18.6 Å². The van der Waals surface area contributed by atoms with Gasteiger partial charge in [-0.2, -0.15) is 0 Å². The maximum absolute atomic E-state index is 12.5. The fraction of sp³-hybridized carbons (Fsp3) is 0.238. The van der Waals surface area contributed by atoms with Crippen LogP contribution in [0, 0.1) is 0 Å². The van der Waals surface area contributed by atoms with Crippen LogP contribution in [0.2, 0.25) is 0 Å². The summed E-state index contributed by atoms with van der Waals surface area (Å²) in [5.41, 5.74) is -0.726. The number of carbonyl (C=O) groups is 1. The van der Waals surface area contributed by atoms with Gasteiger partial charge in [-0.15, -0.1) is 0 Å². The van der Waals surface area contributed by atoms with Crippen molar-refractivity contribution in [1.29, 1.82) is 0 Å². The topological polar surface area (TPSA) is 75.0 Å². The fourth-order valence-electron chi connectivity index (χ4n) is 2.57. The molecule has 2 aromatic carbocycles. The second-order valence-electron chi connectivity index (χ2n) is 6.85. The van der Waals surface area contributed by atoms with Gasteiger partial charge >= 0.3 is 11.6 Å². The van der Waals surface area contributed by atoms with Gasteiger partial charge in [-0.05, 0) is 45.0 Å². The zero-order valence-electron chi connectivity index (χ0n) is 15.6. The molecule has 3 rings (SSSR count). The highest BCUT2D eigenvalue weighted by molar-refractivity contribution is 5.96. The highest BCUT2D eigenvalue weighted by atomic mass is 16.6. The smallest absolute Gasteiger partial charge is 0.383 e. The first-order valence-electron chi connectivity index (χ1n) is 8.40. The number of hydrogen-bond acceptors (Lipinski definition) is 6. The lowest BCUT2D eigenvalue weighted by atomic mass is 10.1. The first-order chi connectivity index (χ1) is 12.8. The number of rotatable bonds is 4. The molecule has 0 amide bonds. The van der Waals surface area contributed by atoms with E-state index in [0.717, 1.165) is 0 Å². The van der Waals surface area contributed by atoms with E-state index in [-0.39, 0.29) is 17.1 Å². The minimum absolute atomic E-state index is 0.00281. The second kappa shape index (κ2) is 7.15. The number of benzene rings is 2. The molecule has 0 aliphatic carbocycles. The number of para-hydroxylation sites is 1. The van der Waals surface area contributed by atoms with E-state index in [2.05, 4.69) is 0 Å². The van der Waals surface area contributed by atoms with Crippen molar-refractivity contribution in [3.8, 4) is 17.2 Å². The Kier molecular flexibility index (Phi) is 4.90. The van der Waals surface area contributed by atoms with Crippen molar-refractivity contribution in [2.75, 3.05) is 7.11 Å². The average molecular weight is 368 g/mol. The largest absolute Gasteiger partial charge is 0.487 e. The molecule has 0 radical (unpaired) electrons. The maximum Gasteiger partial charge on any atom is 0.383 e. The van der Waals surface area contributed by atoms with Gasteiger partial charge in [-0.3, -0.25) is 0 Å². The molecule has 0 atom stereocenters. The summed E-state index contributed by atoms with van der Waals surface area (Å²) in [6.07, 6.45) is 0. The Bertz CT molecular complexity index is 1030. The fourth-order valence-corrected chi connectivity index (χ4v) is 2.57. The van der Waals surface area contributed by atoms with Gasteiger partial charge in [-0.1, -0.05) is 24.3 Å². The van der Waals surface area contributed by atoms with Gasteiger partial charge in [0, 0.05) is 0 Å². The van der Waals surface area contributed by atoms with E-state index in [1.807, 2.05) is 20.8 Å². The van der Waals surface area contributed by atoms with Crippen molar-refractivity contribution >= 4 is 16.9 Å². The number of hydrogen-bond donors (Lipinski definition) is 0. The molecule has 0 aliphatic heterocycles. The summed E-state index contributed by atoms with van der Waals surface area (Å²) < 4.78 is 21.9. The molecule has 1 aromatic heterocycles. The number of esters is 1. The molecular weight excluding hydrogens is 348 g/mol. The van der Waals surface area contributed by atoms with E-state index >= 15 is 0 Å². The van der Waals surface area contributed by atoms with Crippen LogP contribution < -0.4 is 19.8 Å². The Hall–Kier alpha value is -3.28. The van der Waals surface area contributed by atoms with Gasteiger partial charge in [0.1, 0.15) is 5.60 Å². The highest BCUT2D eigenvalue weighted by Gasteiger charge is 2.24. The minimum Gasteiger partial charge on any atom is -0.487 e. The van der Waals surface area contributed by atoms with Gasteiger partial charge in [0.25, 0.3) is 0 Å². The van der Waals surface area contributed by atoms with E-state index in [1.54, 1.807) is 48.5 Å². The summed E-state index contributed by atoms with van der Waals surface area (Å²) in [6, 6.07) is 13.6. The summed E-state index contributed by atoms with van der Waals surface area (Å²) >= 11 is 0. The predicted molar refractivity (Wildman–Crippen MR) is 101 cm³/mol. The van der Waals surface area contributed by atoms with Gasteiger partial charge in [0.2, 0.25) is 5.75 Å². The summed E-state index contributed by atoms with van der Waals surface area (Å²) in [4.78, 5) is 24.9. The van der Waals surface area contributed by atoms with Crippen LogP contribution in [0.15, 0.2) is 57.7 Å². The van der Waals surface area contributed by atoms with Gasteiger partial charge < -0.3 is 18.6 Å². The minimum atomic E-state index is -0.758. The Morgan fingerprint density at radius 2 is 1.67 bits per heavy atom. The molecule has 0 saturated carbocycles. The van der Waals surface area contributed by atoms with Gasteiger partial charge in [0.15, 0.2) is 17.1 Å². The van der Waals surface area contributed by atoms with Crippen molar-refractivity contribution in [3.05, 3.63) is 64.5 Å². The van der Waals surface area contributed by atoms with E-state index in [9.17, 15) is 9.59 Å². The Labute approximate surface area is 156 Å². The molecule has 0 saturated heterocycles. The Morgan fingerprint density at radius 1 is 0.963 bits per heavy atom. The zero-order chi connectivity index (χ0) is 19.6. The van der Waals surface area contributed by atoms with Crippen LogP contribution in [-0.4, -0.2) is 18.7 Å². The third kappa shape index (κ3) is 3.95. The van der Waals surface area contributed by atoms with Crippen LogP contribution >= 0.6 is 0 Å². The average Bonchev–Trinajstić information content (AvgIpc) is 2.62. The maximum atomic E-state index is 12.5. The van der Waals surface area contributed by atoms with E-state index in [0.29, 0.717) is 16.7 Å². The molecule has 0 fully saturated rings. The lowest BCUT2D eigenvalue weighted by Crippen LogP contribution is -2.23. The summed E-state index contributed by atoms with van der Waals surface area (Å²) in [5.74, 6) is -0.420. The van der Waals surface area contributed by atoms with Crippen LogP contribution in [0.25, 0.3) is 11.0 Å². The molecule has 6 heteroatoms. The molecule has 3 aromatic rings. The number of methoxy groups -OCH3 is 1. The van der Waals surface area contributed by atoms with Crippen molar-refractivity contribution in [2.45, 2.75) is 26.4 Å². The van der Waals surface area contributed by atoms with Crippen molar-refractivity contribution < 1.29 is 23.4 Å². The van der Waals surface area contributed by atoms with E-state index in [1.165, 1.54) is 7.11 Å². The zero-order valence-corrected chi connectivity index (χ0v) is 15.6. The van der Waals surface area contributed by atoms with Crippen LogP contribution in [0.4, 0.5) is 0 Å². The molecule has 6 nitrogen and oxygen atoms in total. The molecule has 1 heterocycles. The molecule has 0 bridgehead atoms. The molecule has 0 spiro atoms. The summed E-state index contributed by atoms with van der Waals surface area (Å²) in [6.45, 7) is 5.64. The van der Waals surface area contributed by atoms with Gasteiger partial charge in [0.05, 0.1) is 18.1 Å². The molecular formula is C21H20O6. The normalized spacial score (nSPS) is 11.3. The standard InChI is InChI=1S/C21H20O6/c1-21(2,3)27-15-12-8-11-14-16(15)25-20(23)18(24-4)17(14)26-19(22)13-9-6-5-7-10-13/h5-12H,1-4H3. The molecule has 140 valence electrons. The molecule has 27 heavy (non-hydrogen) atoms. The van der Waals surface area contributed by atoms with Crippen LogP contribution in [0.3, 0.4) is 0 Å². The van der Waals surface area contributed by atoms with E-state index < -0.39 is 17.2 Å². The van der Waals surface area contributed by atoms with Crippen molar-refractivity contribution in [2.24, 2.45) is 0 Å². The van der Waals surface area contributed by atoms with Crippen molar-refractivity contribution in [3.63, 3.8) is 0 Å². The predicted octanol–water partition coefficient (Wildman–Crippen LogP) is 4.20. The van der Waals surface area contributed by atoms with Crippen LogP contribution in [0.5, 0.6) is 17.2 Å². The molecule has 0 unspecified atom stereocenters. The van der Waals surface area contributed by atoms with Crippen LogP contribution in [0.1, 0.15) is 31.1 Å². The number of carbonyl (C=O) groups excluding carboxylic acids is 1. The summed E-state index contributed by atoms with van der Waals surface area (Å²) in [5, 5.41) is 0.400. The number of ether oxygens (including phenoxy) is 3. The number of fused-ring (bicyclic) bond motifs is 1. The van der Waals surface area contributed by atoms with Gasteiger partial charge in [-0.25, -0.2) is 9.59 Å².